The maximum absolute atomic E-state index is 12.1. The summed E-state index contributed by atoms with van der Waals surface area (Å²) in [6.07, 6.45) is -2.44. The van der Waals surface area contributed by atoms with Crippen molar-refractivity contribution in [1.82, 2.24) is 4.98 Å². The fourth-order valence-corrected chi connectivity index (χ4v) is 1.90. The van der Waals surface area contributed by atoms with Crippen LogP contribution in [-0.4, -0.2) is 4.98 Å². The minimum Gasteiger partial charge on any atom is -0.234 e. The van der Waals surface area contributed by atoms with Gasteiger partial charge in [-0.3, -0.25) is 0 Å². The van der Waals surface area contributed by atoms with E-state index in [4.69, 9.17) is 0 Å². The fraction of sp³-hybridized carbons (Fsp3) is 0.167. The lowest BCUT2D eigenvalue weighted by molar-refractivity contribution is 0.150. The molecule has 1 heterocycles. The Morgan fingerprint density at radius 2 is 2.09 bits per heavy atom. The highest BCUT2D eigenvalue weighted by Gasteiger charge is 2.11. The molecule has 0 amide bonds. The Bertz CT molecular complexity index is 267. The van der Waals surface area contributed by atoms with E-state index in [2.05, 4.69) is 20.9 Å². The summed E-state index contributed by atoms with van der Waals surface area (Å²) in [7, 11) is 0. The average Bonchev–Trinajstić information content (AvgIpc) is 1.85. The third kappa shape index (κ3) is 2.33. The minimum atomic E-state index is -2.44. The lowest BCUT2D eigenvalue weighted by Crippen LogP contribution is -1.92. The lowest BCUT2D eigenvalue weighted by atomic mass is 10.3. The molecular formula is C6H3BrF2IN. The highest BCUT2D eigenvalue weighted by atomic mass is 127. The van der Waals surface area contributed by atoms with Crippen molar-refractivity contribution in [3.63, 3.8) is 0 Å². The van der Waals surface area contributed by atoms with Crippen molar-refractivity contribution in [1.29, 1.82) is 0 Å². The van der Waals surface area contributed by atoms with Crippen LogP contribution in [0, 0.1) is 3.70 Å². The van der Waals surface area contributed by atoms with Crippen molar-refractivity contribution < 1.29 is 8.78 Å². The highest BCUT2D eigenvalue weighted by Crippen LogP contribution is 2.24. The molecule has 1 aromatic rings. The molecule has 0 radical (unpaired) electrons. The molecule has 60 valence electrons. The van der Waals surface area contributed by atoms with E-state index < -0.39 is 6.43 Å². The van der Waals surface area contributed by atoms with Gasteiger partial charge in [-0.15, -0.1) is 0 Å². The van der Waals surface area contributed by atoms with Crippen molar-refractivity contribution in [2.45, 2.75) is 6.43 Å². The van der Waals surface area contributed by atoms with Crippen LogP contribution >= 0.6 is 38.5 Å². The van der Waals surface area contributed by atoms with Gasteiger partial charge in [0, 0.05) is 5.56 Å². The summed E-state index contributed by atoms with van der Waals surface area (Å²) in [4.78, 5) is 3.82. The van der Waals surface area contributed by atoms with E-state index in [0.29, 0.717) is 8.30 Å². The molecule has 11 heavy (non-hydrogen) atoms. The predicted octanol–water partition coefficient (Wildman–Crippen LogP) is 3.39. The number of aromatic nitrogens is 1. The molecule has 0 aliphatic rings. The number of hydrogen-bond donors (Lipinski definition) is 0. The zero-order chi connectivity index (χ0) is 8.43. The molecule has 0 unspecified atom stereocenters. The monoisotopic (exact) mass is 333 g/mol. The molecule has 0 atom stereocenters. The SMILES string of the molecule is FC(F)c1ccc(Br)nc1I. The Morgan fingerprint density at radius 3 is 2.55 bits per heavy atom. The van der Waals surface area contributed by atoms with Gasteiger partial charge in [-0.25, -0.2) is 13.8 Å². The van der Waals surface area contributed by atoms with E-state index in [1.54, 1.807) is 22.6 Å². The zero-order valence-corrected chi connectivity index (χ0v) is 8.93. The second-order valence-electron chi connectivity index (χ2n) is 1.81. The van der Waals surface area contributed by atoms with Crippen LogP contribution in [0.5, 0.6) is 0 Å². The summed E-state index contributed by atoms with van der Waals surface area (Å²) in [5.74, 6) is 0. The second kappa shape index (κ2) is 3.75. The summed E-state index contributed by atoms with van der Waals surface area (Å²) in [5, 5.41) is 0. The van der Waals surface area contributed by atoms with E-state index in [-0.39, 0.29) is 5.56 Å². The zero-order valence-electron chi connectivity index (χ0n) is 5.19. The molecule has 0 N–H and O–H groups in total. The van der Waals surface area contributed by atoms with E-state index in [9.17, 15) is 8.78 Å². The topological polar surface area (TPSA) is 12.9 Å². The van der Waals surface area contributed by atoms with Crippen LogP contribution in [0.15, 0.2) is 16.7 Å². The molecule has 1 aromatic heterocycles. The molecule has 1 nitrogen and oxygen atoms in total. The van der Waals surface area contributed by atoms with Crippen LogP contribution in [0.25, 0.3) is 0 Å². The molecular weight excluding hydrogens is 331 g/mol. The molecule has 0 spiro atoms. The molecule has 0 fully saturated rings. The summed E-state index contributed by atoms with van der Waals surface area (Å²) in [6, 6.07) is 2.87. The number of halogens is 4. The van der Waals surface area contributed by atoms with Crippen molar-refractivity contribution in [2.75, 3.05) is 0 Å². The molecule has 0 aromatic carbocycles. The maximum Gasteiger partial charge on any atom is 0.266 e. The van der Waals surface area contributed by atoms with Gasteiger partial charge in [0.15, 0.2) is 0 Å². The number of hydrogen-bond acceptors (Lipinski definition) is 1. The summed E-state index contributed by atoms with van der Waals surface area (Å²) >= 11 is 4.86. The van der Waals surface area contributed by atoms with Gasteiger partial charge in [0.2, 0.25) is 0 Å². The second-order valence-corrected chi connectivity index (χ2v) is 3.65. The fourth-order valence-electron chi connectivity index (χ4n) is 0.586. The Kier molecular flexibility index (Phi) is 3.17. The van der Waals surface area contributed by atoms with Crippen molar-refractivity contribution in [3.8, 4) is 0 Å². The van der Waals surface area contributed by atoms with Crippen LogP contribution < -0.4 is 0 Å². The summed E-state index contributed by atoms with van der Waals surface area (Å²) in [6.45, 7) is 0. The van der Waals surface area contributed by atoms with Gasteiger partial charge in [0.05, 0.1) is 0 Å². The van der Waals surface area contributed by atoms with Gasteiger partial charge >= 0.3 is 0 Å². The first-order valence-corrected chi connectivity index (χ1v) is 4.58. The third-order valence-corrected chi connectivity index (χ3v) is 2.38. The first-order valence-electron chi connectivity index (χ1n) is 2.71. The Labute approximate surface area is 84.5 Å². The van der Waals surface area contributed by atoms with Crippen molar-refractivity contribution in [3.05, 3.63) is 26.0 Å². The van der Waals surface area contributed by atoms with Crippen LogP contribution in [-0.2, 0) is 0 Å². The van der Waals surface area contributed by atoms with Gasteiger partial charge in [-0.1, -0.05) is 0 Å². The molecule has 1 rings (SSSR count). The van der Waals surface area contributed by atoms with Crippen LogP contribution in [0.2, 0.25) is 0 Å². The summed E-state index contributed by atoms with van der Waals surface area (Å²) < 4.78 is 25.1. The maximum atomic E-state index is 12.1. The van der Waals surface area contributed by atoms with E-state index in [1.807, 2.05) is 0 Å². The van der Waals surface area contributed by atoms with Gasteiger partial charge < -0.3 is 0 Å². The first kappa shape index (κ1) is 9.31. The van der Waals surface area contributed by atoms with E-state index in [0.717, 1.165) is 0 Å². The third-order valence-electron chi connectivity index (χ3n) is 1.08. The van der Waals surface area contributed by atoms with Gasteiger partial charge in [-0.05, 0) is 50.7 Å². The van der Waals surface area contributed by atoms with Gasteiger partial charge in [-0.2, -0.15) is 0 Å². The molecule has 0 saturated carbocycles. The highest BCUT2D eigenvalue weighted by molar-refractivity contribution is 14.1. The number of pyridine rings is 1. The quantitative estimate of drug-likeness (QED) is 0.567. The number of nitrogens with zero attached hydrogens (tertiary/aromatic N) is 1. The smallest absolute Gasteiger partial charge is 0.234 e. The molecule has 0 saturated heterocycles. The van der Waals surface area contributed by atoms with Crippen LogP contribution in [0.4, 0.5) is 8.78 Å². The van der Waals surface area contributed by atoms with E-state index in [1.165, 1.54) is 12.1 Å². The van der Waals surface area contributed by atoms with Crippen LogP contribution in [0.3, 0.4) is 0 Å². The number of rotatable bonds is 1. The standard InChI is InChI=1S/C6H3BrF2IN/c7-4-2-1-3(5(8)9)6(10)11-4/h1-2,5H. The van der Waals surface area contributed by atoms with Crippen molar-refractivity contribution >= 4 is 38.5 Å². The van der Waals surface area contributed by atoms with Gasteiger partial charge in [0.1, 0.15) is 8.30 Å². The van der Waals surface area contributed by atoms with Gasteiger partial charge in [0.25, 0.3) is 6.43 Å². The Hall–Kier alpha value is 0.220. The van der Waals surface area contributed by atoms with Crippen molar-refractivity contribution in [2.24, 2.45) is 0 Å². The minimum absolute atomic E-state index is 0.0196. The number of alkyl halides is 2. The average molecular weight is 334 g/mol. The lowest BCUT2D eigenvalue weighted by Gasteiger charge is -2.01. The first-order chi connectivity index (χ1) is 5.11. The van der Waals surface area contributed by atoms with Crippen LogP contribution in [0.1, 0.15) is 12.0 Å². The molecule has 0 aliphatic carbocycles. The molecule has 0 bridgehead atoms. The largest absolute Gasteiger partial charge is 0.266 e. The molecule has 0 aliphatic heterocycles. The normalized spacial score (nSPS) is 10.6. The van der Waals surface area contributed by atoms with E-state index >= 15 is 0 Å². The summed E-state index contributed by atoms with van der Waals surface area (Å²) in [5.41, 5.74) is -0.0196. The predicted molar refractivity (Wildman–Crippen MR) is 49.6 cm³/mol. The Morgan fingerprint density at radius 1 is 1.45 bits per heavy atom. The Balaban J connectivity index is 3.09. The molecule has 5 heteroatoms.